The van der Waals surface area contributed by atoms with E-state index in [4.69, 9.17) is 0 Å². The zero-order chi connectivity index (χ0) is 15.4. The lowest BCUT2D eigenvalue weighted by Crippen LogP contribution is -2.31. The molecule has 1 atom stereocenters. The Morgan fingerprint density at radius 1 is 1.32 bits per heavy atom. The lowest BCUT2D eigenvalue weighted by atomic mass is 10.1. The van der Waals surface area contributed by atoms with Crippen LogP contribution in [-0.4, -0.2) is 15.7 Å². The molecule has 0 spiro atoms. The van der Waals surface area contributed by atoms with Crippen LogP contribution in [0.3, 0.4) is 0 Å². The summed E-state index contributed by atoms with van der Waals surface area (Å²) >= 11 is 0. The molecule has 0 saturated heterocycles. The third-order valence-electron chi connectivity index (χ3n) is 4.08. The topological polar surface area (TPSA) is 46.9 Å². The standard InChI is InChI=1S/C18H21N3O/c1-14(20-18(22)16-9-5-6-10-16)17-11-19-21(13-17)12-15-7-3-2-4-8-15/h2-8,11,13-14,16H,9-10,12H2,1H3,(H,20,22). The van der Waals surface area contributed by atoms with Gasteiger partial charge in [-0.3, -0.25) is 9.48 Å². The Morgan fingerprint density at radius 3 is 2.77 bits per heavy atom. The first-order valence-electron chi connectivity index (χ1n) is 7.74. The Morgan fingerprint density at radius 2 is 2.05 bits per heavy atom. The average molecular weight is 295 g/mol. The predicted molar refractivity (Wildman–Crippen MR) is 86.2 cm³/mol. The largest absolute Gasteiger partial charge is 0.349 e. The van der Waals surface area contributed by atoms with Crippen molar-refractivity contribution in [3.8, 4) is 0 Å². The molecule has 1 N–H and O–H groups in total. The zero-order valence-electron chi connectivity index (χ0n) is 12.8. The number of nitrogens with one attached hydrogen (secondary N) is 1. The molecule has 1 aromatic heterocycles. The lowest BCUT2D eigenvalue weighted by molar-refractivity contribution is -0.125. The van der Waals surface area contributed by atoms with E-state index in [-0.39, 0.29) is 17.9 Å². The number of carbonyl (C=O) groups excluding carboxylic acids is 1. The van der Waals surface area contributed by atoms with Crippen molar-refractivity contribution in [2.75, 3.05) is 0 Å². The summed E-state index contributed by atoms with van der Waals surface area (Å²) in [5.74, 6) is 0.232. The van der Waals surface area contributed by atoms with Crippen LogP contribution in [0.25, 0.3) is 0 Å². The summed E-state index contributed by atoms with van der Waals surface area (Å²) in [6, 6.07) is 10.2. The highest BCUT2D eigenvalue weighted by Gasteiger charge is 2.21. The van der Waals surface area contributed by atoms with Crippen molar-refractivity contribution >= 4 is 5.91 Å². The molecule has 0 bridgehead atoms. The lowest BCUT2D eigenvalue weighted by Gasteiger charge is -2.15. The van der Waals surface area contributed by atoms with Crippen LogP contribution < -0.4 is 5.32 Å². The summed E-state index contributed by atoms with van der Waals surface area (Å²) in [5, 5.41) is 7.47. The number of hydrogen-bond donors (Lipinski definition) is 1. The number of amides is 1. The van der Waals surface area contributed by atoms with Crippen molar-refractivity contribution in [1.29, 1.82) is 0 Å². The molecule has 2 aromatic rings. The quantitative estimate of drug-likeness (QED) is 0.862. The minimum atomic E-state index is -0.0161. The van der Waals surface area contributed by atoms with Crippen molar-refractivity contribution in [2.24, 2.45) is 5.92 Å². The summed E-state index contributed by atoms with van der Waals surface area (Å²) in [5.41, 5.74) is 2.25. The van der Waals surface area contributed by atoms with E-state index in [1.54, 1.807) is 0 Å². The van der Waals surface area contributed by atoms with Crippen LogP contribution in [0.1, 0.15) is 36.9 Å². The van der Waals surface area contributed by atoms with E-state index < -0.39 is 0 Å². The Kier molecular flexibility index (Phi) is 4.37. The van der Waals surface area contributed by atoms with Crippen LogP contribution in [0.15, 0.2) is 54.9 Å². The molecular weight excluding hydrogens is 274 g/mol. The summed E-state index contributed by atoms with van der Waals surface area (Å²) in [7, 11) is 0. The second kappa shape index (κ2) is 6.60. The number of nitrogens with zero attached hydrogens (tertiary/aromatic N) is 2. The normalized spacial score (nSPS) is 15.9. The number of benzene rings is 1. The molecule has 0 saturated carbocycles. The van der Waals surface area contributed by atoms with E-state index in [9.17, 15) is 4.79 Å². The van der Waals surface area contributed by atoms with Gasteiger partial charge in [0.25, 0.3) is 0 Å². The van der Waals surface area contributed by atoms with Gasteiger partial charge in [-0.15, -0.1) is 0 Å². The van der Waals surface area contributed by atoms with Crippen molar-refractivity contribution in [3.05, 3.63) is 66.0 Å². The van der Waals surface area contributed by atoms with Gasteiger partial charge in [-0.05, 0) is 25.3 Å². The second-order valence-electron chi connectivity index (χ2n) is 5.83. The highest BCUT2D eigenvalue weighted by molar-refractivity contribution is 5.79. The average Bonchev–Trinajstić information content (AvgIpc) is 3.19. The van der Waals surface area contributed by atoms with Gasteiger partial charge in [0.15, 0.2) is 0 Å². The molecule has 0 fully saturated rings. The zero-order valence-corrected chi connectivity index (χ0v) is 12.8. The minimum Gasteiger partial charge on any atom is -0.349 e. The SMILES string of the molecule is CC(NC(=O)C1CC=CC1)c1cnn(Cc2ccccc2)c1. The van der Waals surface area contributed by atoms with Gasteiger partial charge < -0.3 is 5.32 Å². The van der Waals surface area contributed by atoms with E-state index in [1.807, 2.05) is 42.2 Å². The van der Waals surface area contributed by atoms with Crippen molar-refractivity contribution in [3.63, 3.8) is 0 Å². The van der Waals surface area contributed by atoms with Crippen molar-refractivity contribution in [2.45, 2.75) is 32.4 Å². The van der Waals surface area contributed by atoms with E-state index in [2.05, 4.69) is 34.7 Å². The molecule has 1 amide bonds. The fourth-order valence-corrected chi connectivity index (χ4v) is 2.71. The van der Waals surface area contributed by atoms with Gasteiger partial charge in [-0.2, -0.15) is 5.10 Å². The molecule has 0 aliphatic heterocycles. The van der Waals surface area contributed by atoms with E-state index in [0.717, 1.165) is 24.9 Å². The number of aromatic nitrogens is 2. The molecule has 4 heteroatoms. The van der Waals surface area contributed by atoms with E-state index >= 15 is 0 Å². The number of hydrogen-bond acceptors (Lipinski definition) is 2. The Labute approximate surface area is 130 Å². The molecule has 1 aromatic carbocycles. The molecular formula is C18H21N3O. The predicted octanol–water partition coefficient (Wildman–Crippen LogP) is 3.07. The van der Waals surface area contributed by atoms with Gasteiger partial charge in [0.2, 0.25) is 5.91 Å². The van der Waals surface area contributed by atoms with Crippen LogP contribution in [0.2, 0.25) is 0 Å². The van der Waals surface area contributed by atoms with Gasteiger partial charge in [0.1, 0.15) is 0 Å². The molecule has 3 rings (SSSR count). The molecule has 1 unspecified atom stereocenters. The highest BCUT2D eigenvalue weighted by atomic mass is 16.1. The van der Waals surface area contributed by atoms with E-state index in [1.165, 1.54) is 5.56 Å². The first-order chi connectivity index (χ1) is 10.7. The molecule has 0 radical (unpaired) electrons. The Balaban J connectivity index is 1.59. The highest BCUT2D eigenvalue weighted by Crippen LogP contribution is 2.20. The Hall–Kier alpha value is -2.36. The van der Waals surface area contributed by atoms with Gasteiger partial charge >= 0.3 is 0 Å². The second-order valence-corrected chi connectivity index (χ2v) is 5.83. The van der Waals surface area contributed by atoms with Crippen LogP contribution in [0.5, 0.6) is 0 Å². The molecule has 4 nitrogen and oxygen atoms in total. The first kappa shape index (κ1) is 14.6. The fourth-order valence-electron chi connectivity index (χ4n) is 2.71. The number of allylic oxidation sites excluding steroid dienone is 2. The van der Waals surface area contributed by atoms with Crippen LogP contribution in [-0.2, 0) is 11.3 Å². The van der Waals surface area contributed by atoms with Gasteiger partial charge in [-0.1, -0.05) is 42.5 Å². The third kappa shape index (κ3) is 3.45. The molecule has 1 aliphatic rings. The Bertz CT molecular complexity index is 652. The first-order valence-corrected chi connectivity index (χ1v) is 7.74. The summed E-state index contributed by atoms with van der Waals surface area (Å²) in [4.78, 5) is 12.1. The maximum absolute atomic E-state index is 12.1. The number of rotatable bonds is 5. The van der Waals surface area contributed by atoms with Crippen molar-refractivity contribution < 1.29 is 4.79 Å². The summed E-state index contributed by atoms with van der Waals surface area (Å²) in [6.07, 6.45) is 9.70. The molecule has 1 heterocycles. The van der Waals surface area contributed by atoms with E-state index in [0.29, 0.717) is 0 Å². The van der Waals surface area contributed by atoms with Crippen LogP contribution in [0, 0.1) is 5.92 Å². The molecule has 114 valence electrons. The minimum absolute atomic E-state index is 0.0161. The van der Waals surface area contributed by atoms with Gasteiger partial charge in [0.05, 0.1) is 18.8 Å². The summed E-state index contributed by atoms with van der Waals surface area (Å²) < 4.78 is 1.91. The van der Waals surface area contributed by atoms with Gasteiger partial charge in [0, 0.05) is 17.7 Å². The van der Waals surface area contributed by atoms with Crippen LogP contribution >= 0.6 is 0 Å². The van der Waals surface area contributed by atoms with Gasteiger partial charge in [-0.25, -0.2) is 0 Å². The van der Waals surface area contributed by atoms with Crippen LogP contribution in [0.4, 0.5) is 0 Å². The third-order valence-corrected chi connectivity index (χ3v) is 4.08. The maximum Gasteiger partial charge on any atom is 0.224 e. The maximum atomic E-state index is 12.1. The smallest absolute Gasteiger partial charge is 0.224 e. The fraction of sp³-hybridized carbons (Fsp3) is 0.333. The monoisotopic (exact) mass is 295 g/mol. The van der Waals surface area contributed by atoms with Crippen molar-refractivity contribution in [1.82, 2.24) is 15.1 Å². The molecule has 1 aliphatic carbocycles. The number of carbonyl (C=O) groups is 1. The summed E-state index contributed by atoms with van der Waals surface area (Å²) in [6.45, 7) is 2.75. The molecule has 22 heavy (non-hydrogen) atoms.